The molecule has 2 aliphatic rings. The molecule has 2 fully saturated rings. The number of ether oxygens (including phenoxy) is 3. The van der Waals surface area contributed by atoms with Gasteiger partial charge in [-0.1, -0.05) is 18.9 Å². The number of aromatic nitrogens is 2. The van der Waals surface area contributed by atoms with E-state index in [1.54, 1.807) is 25.3 Å². The van der Waals surface area contributed by atoms with Crippen LogP contribution in [0, 0.1) is 29.5 Å². The summed E-state index contributed by atoms with van der Waals surface area (Å²) in [5.74, 6) is 1.61. The highest BCUT2D eigenvalue weighted by atomic mass is 19.4. The highest BCUT2D eigenvalue weighted by Crippen LogP contribution is 2.41. The van der Waals surface area contributed by atoms with Gasteiger partial charge < -0.3 is 19.1 Å². The number of esters is 1. The SMILES string of the molecule is COC(=O)c1cc(Oc2ncc(C#Cc3ccccn3)cc2C(F)(F)F)c(F)cc1N(C(=O)[C@H]1CC[C@H](C)CC1)C1CCC(OC)CC1. The summed E-state index contributed by atoms with van der Waals surface area (Å²) in [5.41, 5.74) is -1.24. The van der Waals surface area contributed by atoms with E-state index >= 15 is 4.39 Å². The van der Waals surface area contributed by atoms with Crippen molar-refractivity contribution < 1.29 is 41.4 Å². The number of rotatable bonds is 7. The molecule has 0 bridgehead atoms. The van der Waals surface area contributed by atoms with Crippen LogP contribution < -0.4 is 9.64 Å². The van der Waals surface area contributed by atoms with E-state index in [1.165, 1.54) is 11.1 Å². The standard InChI is InChI=1S/C36H37F4N3O5/c1-22-7-10-24(11-8-22)34(44)43(26-13-15-27(46-2)16-14-26)31-20-30(37)32(19-28(31)35(45)47-3)48-33-29(36(38,39)40)18-23(21-42-33)9-12-25-6-4-5-17-41-25/h4-6,17-22,24,26-27H,7-8,10-11,13-16H2,1-3H3/t22-,24-,26?,27?. The Morgan fingerprint density at radius 2 is 1.67 bits per heavy atom. The maximum absolute atomic E-state index is 15.9. The largest absolute Gasteiger partial charge is 0.465 e. The van der Waals surface area contributed by atoms with Crippen LogP contribution >= 0.6 is 0 Å². The molecule has 0 aliphatic heterocycles. The summed E-state index contributed by atoms with van der Waals surface area (Å²) in [6.45, 7) is 2.14. The minimum absolute atomic E-state index is 0.0136. The van der Waals surface area contributed by atoms with Crippen LogP contribution in [0.5, 0.6) is 11.6 Å². The van der Waals surface area contributed by atoms with E-state index in [4.69, 9.17) is 14.2 Å². The minimum Gasteiger partial charge on any atom is -0.465 e. The highest BCUT2D eigenvalue weighted by Gasteiger charge is 2.39. The summed E-state index contributed by atoms with van der Waals surface area (Å²) in [7, 11) is 2.76. The van der Waals surface area contributed by atoms with E-state index in [1.807, 2.05) is 0 Å². The molecule has 0 saturated heterocycles. The number of methoxy groups -OCH3 is 2. The van der Waals surface area contributed by atoms with Gasteiger partial charge in [-0.2, -0.15) is 13.2 Å². The average Bonchev–Trinajstić information content (AvgIpc) is 3.09. The fraction of sp³-hybridized carbons (Fsp3) is 0.444. The quantitative estimate of drug-likeness (QED) is 0.145. The molecular formula is C36H37F4N3O5. The summed E-state index contributed by atoms with van der Waals surface area (Å²) in [5, 5.41) is 0. The first-order valence-corrected chi connectivity index (χ1v) is 15.9. The molecule has 2 aliphatic carbocycles. The van der Waals surface area contributed by atoms with Crippen molar-refractivity contribution in [2.24, 2.45) is 11.8 Å². The second kappa shape index (κ2) is 15.2. The Labute approximate surface area is 276 Å². The normalized spacial score (nSPS) is 21.1. The molecule has 1 aromatic carbocycles. The number of halogens is 4. The van der Waals surface area contributed by atoms with Gasteiger partial charge in [0.1, 0.15) is 11.3 Å². The second-order valence-electron chi connectivity index (χ2n) is 12.3. The highest BCUT2D eigenvalue weighted by molar-refractivity contribution is 6.04. The van der Waals surface area contributed by atoms with E-state index in [0.717, 1.165) is 44.3 Å². The molecule has 254 valence electrons. The zero-order valence-corrected chi connectivity index (χ0v) is 27.0. The van der Waals surface area contributed by atoms with Gasteiger partial charge >= 0.3 is 12.1 Å². The first-order chi connectivity index (χ1) is 23.0. The van der Waals surface area contributed by atoms with Crippen LogP contribution in [-0.4, -0.2) is 48.2 Å². The van der Waals surface area contributed by atoms with Gasteiger partial charge in [-0.3, -0.25) is 4.79 Å². The first kappa shape index (κ1) is 34.8. The number of amides is 1. The van der Waals surface area contributed by atoms with Crippen molar-refractivity contribution in [2.75, 3.05) is 19.1 Å². The fourth-order valence-corrected chi connectivity index (χ4v) is 6.31. The summed E-state index contributed by atoms with van der Waals surface area (Å²) >= 11 is 0. The number of benzene rings is 1. The van der Waals surface area contributed by atoms with Crippen molar-refractivity contribution >= 4 is 17.6 Å². The van der Waals surface area contributed by atoms with Crippen molar-refractivity contribution in [3.05, 3.63) is 77.0 Å². The molecule has 2 saturated carbocycles. The van der Waals surface area contributed by atoms with Crippen LogP contribution in [0.3, 0.4) is 0 Å². The van der Waals surface area contributed by atoms with Crippen molar-refractivity contribution in [1.82, 2.24) is 9.97 Å². The molecule has 12 heteroatoms. The lowest BCUT2D eigenvalue weighted by molar-refractivity contribution is -0.139. The van der Waals surface area contributed by atoms with Crippen LogP contribution in [0.1, 0.15) is 85.5 Å². The number of alkyl halides is 3. The Kier molecular flexibility index (Phi) is 11.0. The molecule has 48 heavy (non-hydrogen) atoms. The smallest absolute Gasteiger partial charge is 0.421 e. The zero-order valence-electron chi connectivity index (χ0n) is 27.0. The van der Waals surface area contributed by atoms with E-state index < -0.39 is 35.2 Å². The van der Waals surface area contributed by atoms with Crippen molar-refractivity contribution in [3.8, 4) is 23.5 Å². The molecule has 0 spiro atoms. The molecule has 1 amide bonds. The Balaban J connectivity index is 1.53. The summed E-state index contributed by atoms with van der Waals surface area (Å²) in [6.07, 6.45) is 3.15. The van der Waals surface area contributed by atoms with Crippen LogP contribution in [0.15, 0.2) is 48.8 Å². The summed E-state index contributed by atoms with van der Waals surface area (Å²) in [4.78, 5) is 36.7. The van der Waals surface area contributed by atoms with E-state index in [-0.39, 0.29) is 40.8 Å². The van der Waals surface area contributed by atoms with Gasteiger partial charge in [-0.25, -0.2) is 19.2 Å². The van der Waals surface area contributed by atoms with Crippen LogP contribution in [0.2, 0.25) is 0 Å². The lowest BCUT2D eigenvalue weighted by Crippen LogP contribution is -2.47. The molecular weight excluding hydrogens is 630 g/mol. The Bertz CT molecular complexity index is 1670. The lowest BCUT2D eigenvalue weighted by Gasteiger charge is -2.40. The summed E-state index contributed by atoms with van der Waals surface area (Å²) in [6, 6.07) is 7.29. The van der Waals surface area contributed by atoms with Crippen LogP contribution in [0.25, 0.3) is 0 Å². The van der Waals surface area contributed by atoms with E-state index in [0.29, 0.717) is 50.1 Å². The second-order valence-corrected chi connectivity index (χ2v) is 12.3. The fourth-order valence-electron chi connectivity index (χ4n) is 6.31. The number of hydrogen-bond donors (Lipinski definition) is 0. The molecule has 0 unspecified atom stereocenters. The number of hydrogen-bond acceptors (Lipinski definition) is 7. The third-order valence-electron chi connectivity index (χ3n) is 9.02. The molecule has 0 atom stereocenters. The number of carbonyl (C=O) groups is 2. The first-order valence-electron chi connectivity index (χ1n) is 15.9. The number of anilines is 1. The predicted octanol–water partition coefficient (Wildman–Crippen LogP) is 7.73. The van der Waals surface area contributed by atoms with Gasteiger partial charge in [-0.15, -0.1) is 0 Å². The van der Waals surface area contributed by atoms with Gasteiger partial charge in [0.15, 0.2) is 11.6 Å². The topological polar surface area (TPSA) is 90.9 Å². The van der Waals surface area contributed by atoms with Gasteiger partial charge in [0.25, 0.3) is 0 Å². The van der Waals surface area contributed by atoms with Gasteiger partial charge in [0.2, 0.25) is 11.8 Å². The van der Waals surface area contributed by atoms with Crippen molar-refractivity contribution in [2.45, 2.75) is 76.6 Å². The number of carbonyl (C=O) groups excluding carboxylic acids is 2. The molecule has 0 N–H and O–H groups in total. The molecule has 2 heterocycles. The van der Waals surface area contributed by atoms with Gasteiger partial charge in [0, 0.05) is 49.2 Å². The number of pyridine rings is 2. The van der Waals surface area contributed by atoms with Crippen LogP contribution in [-0.2, 0) is 20.4 Å². The predicted molar refractivity (Wildman–Crippen MR) is 169 cm³/mol. The Morgan fingerprint density at radius 1 is 0.938 bits per heavy atom. The molecule has 5 rings (SSSR count). The number of nitrogens with zero attached hydrogens (tertiary/aromatic N) is 3. The monoisotopic (exact) mass is 667 g/mol. The molecule has 2 aromatic heterocycles. The maximum Gasteiger partial charge on any atom is 0.421 e. The maximum atomic E-state index is 15.9. The van der Waals surface area contributed by atoms with E-state index in [2.05, 4.69) is 28.7 Å². The van der Waals surface area contributed by atoms with Gasteiger partial charge in [-0.05, 0) is 81.4 Å². The van der Waals surface area contributed by atoms with Crippen LogP contribution in [0.4, 0.5) is 23.2 Å². The summed E-state index contributed by atoms with van der Waals surface area (Å²) < 4.78 is 74.4. The average molecular weight is 668 g/mol. The lowest BCUT2D eigenvalue weighted by atomic mass is 9.81. The molecule has 8 nitrogen and oxygen atoms in total. The van der Waals surface area contributed by atoms with E-state index in [9.17, 15) is 22.8 Å². The third kappa shape index (κ3) is 8.13. The Morgan fingerprint density at radius 3 is 2.29 bits per heavy atom. The van der Waals surface area contributed by atoms with Crippen molar-refractivity contribution in [1.29, 1.82) is 0 Å². The Hall–Kier alpha value is -4.50. The zero-order chi connectivity index (χ0) is 34.4. The third-order valence-corrected chi connectivity index (χ3v) is 9.02. The molecule has 3 aromatic rings. The van der Waals surface area contributed by atoms with Crippen molar-refractivity contribution in [3.63, 3.8) is 0 Å². The minimum atomic E-state index is -4.94. The molecule has 0 radical (unpaired) electrons. The van der Waals surface area contributed by atoms with Gasteiger partial charge in [0.05, 0.1) is 24.5 Å².